The van der Waals surface area contributed by atoms with Gasteiger partial charge in [-0.3, -0.25) is 0 Å². The molecule has 0 saturated heterocycles. The van der Waals surface area contributed by atoms with Crippen molar-refractivity contribution in [3.05, 3.63) is 34.4 Å². The molecule has 1 rings (SSSR count). The zero-order valence-corrected chi connectivity index (χ0v) is 11.6. The molecule has 0 bridgehead atoms. The number of benzene rings is 1. The third-order valence-corrected chi connectivity index (χ3v) is 3.41. The van der Waals surface area contributed by atoms with E-state index in [1.165, 1.54) is 22.3 Å². The van der Waals surface area contributed by atoms with Crippen molar-refractivity contribution in [2.24, 2.45) is 0 Å². The van der Waals surface area contributed by atoms with Gasteiger partial charge in [-0.15, -0.1) is 0 Å². The number of aryl methyl sites for hydroxylation is 3. The minimum Gasteiger partial charge on any atom is -0.396 e. The first-order chi connectivity index (χ1) is 8.04. The molecule has 0 aliphatic carbocycles. The third kappa shape index (κ3) is 4.49. The van der Waals surface area contributed by atoms with Gasteiger partial charge >= 0.3 is 0 Å². The van der Waals surface area contributed by atoms with Gasteiger partial charge in [0.15, 0.2) is 0 Å². The van der Waals surface area contributed by atoms with Gasteiger partial charge in [0.25, 0.3) is 0 Å². The lowest BCUT2D eigenvalue weighted by atomic mass is 9.99. The molecule has 0 amide bonds. The van der Waals surface area contributed by atoms with Gasteiger partial charge in [0.2, 0.25) is 0 Å². The van der Waals surface area contributed by atoms with Crippen molar-refractivity contribution in [3.63, 3.8) is 0 Å². The molecule has 0 spiro atoms. The van der Waals surface area contributed by atoms with E-state index in [1.807, 2.05) is 0 Å². The summed E-state index contributed by atoms with van der Waals surface area (Å²) in [5, 5.41) is 8.78. The monoisotopic (exact) mass is 235 g/mol. The highest BCUT2D eigenvalue weighted by Crippen LogP contribution is 2.16. The number of rotatable bonds is 6. The summed E-state index contributed by atoms with van der Waals surface area (Å²) in [6.45, 7) is 8.85. The topological polar surface area (TPSA) is 23.5 Å². The van der Waals surface area contributed by atoms with Gasteiger partial charge in [0.1, 0.15) is 0 Å². The second-order valence-corrected chi connectivity index (χ2v) is 4.99. The number of aliphatic hydroxyl groups is 1. The largest absolute Gasteiger partial charge is 0.396 e. The Morgan fingerprint density at radius 2 is 1.65 bits per heavy atom. The van der Waals surface area contributed by atoms with Crippen LogP contribution in [0.4, 0.5) is 0 Å². The fraction of sp³-hybridized carbons (Fsp3) is 0.600. The lowest BCUT2D eigenvalue weighted by Gasteiger charge is -2.17. The third-order valence-electron chi connectivity index (χ3n) is 3.41. The molecule has 1 aromatic carbocycles. The highest BCUT2D eigenvalue weighted by Gasteiger charge is 2.04. The molecule has 0 fully saturated rings. The molecule has 0 radical (unpaired) electrons. The molecule has 0 heterocycles. The van der Waals surface area contributed by atoms with Gasteiger partial charge in [0, 0.05) is 19.7 Å². The number of aliphatic hydroxyl groups excluding tert-OH is 1. The molecule has 0 atom stereocenters. The van der Waals surface area contributed by atoms with E-state index in [1.54, 1.807) is 0 Å². The van der Waals surface area contributed by atoms with E-state index in [0.29, 0.717) is 0 Å². The first-order valence-corrected chi connectivity index (χ1v) is 6.40. The predicted molar refractivity (Wildman–Crippen MR) is 73.6 cm³/mol. The molecular formula is C15H25NO. The molecule has 1 N–H and O–H groups in total. The van der Waals surface area contributed by atoms with E-state index in [4.69, 9.17) is 5.11 Å². The van der Waals surface area contributed by atoms with E-state index in [-0.39, 0.29) is 6.61 Å². The van der Waals surface area contributed by atoms with Crippen molar-refractivity contribution < 1.29 is 5.11 Å². The molecule has 0 aliphatic rings. The van der Waals surface area contributed by atoms with Gasteiger partial charge < -0.3 is 10.0 Å². The van der Waals surface area contributed by atoms with Crippen LogP contribution in [0.1, 0.15) is 28.7 Å². The average Bonchev–Trinajstić information content (AvgIpc) is 2.29. The summed E-state index contributed by atoms with van der Waals surface area (Å²) in [5.41, 5.74) is 5.59. The van der Waals surface area contributed by atoms with Crippen molar-refractivity contribution >= 4 is 0 Å². The fourth-order valence-electron chi connectivity index (χ4n) is 2.05. The van der Waals surface area contributed by atoms with E-state index in [9.17, 15) is 0 Å². The molecule has 0 aromatic heterocycles. The van der Waals surface area contributed by atoms with Crippen molar-refractivity contribution in [1.29, 1.82) is 0 Å². The summed E-state index contributed by atoms with van der Waals surface area (Å²) >= 11 is 0. The van der Waals surface area contributed by atoms with Gasteiger partial charge in [0.05, 0.1) is 0 Å². The molecular weight excluding hydrogens is 210 g/mol. The zero-order valence-electron chi connectivity index (χ0n) is 11.6. The van der Waals surface area contributed by atoms with Gasteiger partial charge in [-0.25, -0.2) is 0 Å². The number of hydrogen-bond acceptors (Lipinski definition) is 2. The summed E-state index contributed by atoms with van der Waals surface area (Å²) in [5.74, 6) is 0. The maximum absolute atomic E-state index is 8.78. The predicted octanol–water partition coefficient (Wildman–Crippen LogP) is 2.47. The SMILES string of the molecule is Cc1cc(C)c(CCN(C)CCCO)cc1C. The second kappa shape index (κ2) is 6.77. The molecule has 2 nitrogen and oxygen atoms in total. The second-order valence-electron chi connectivity index (χ2n) is 4.99. The van der Waals surface area contributed by atoms with Crippen LogP contribution in [0.5, 0.6) is 0 Å². The minimum absolute atomic E-state index is 0.285. The van der Waals surface area contributed by atoms with Crippen LogP contribution < -0.4 is 0 Å². The maximum atomic E-state index is 8.78. The molecule has 1 aromatic rings. The van der Waals surface area contributed by atoms with Crippen molar-refractivity contribution in [2.75, 3.05) is 26.7 Å². The Hall–Kier alpha value is -0.860. The minimum atomic E-state index is 0.285. The van der Waals surface area contributed by atoms with E-state index < -0.39 is 0 Å². The van der Waals surface area contributed by atoms with Crippen LogP contribution in [0, 0.1) is 20.8 Å². The van der Waals surface area contributed by atoms with Gasteiger partial charge in [-0.2, -0.15) is 0 Å². The number of nitrogens with zero attached hydrogens (tertiary/aromatic N) is 1. The first-order valence-electron chi connectivity index (χ1n) is 6.40. The Kier molecular flexibility index (Phi) is 5.66. The van der Waals surface area contributed by atoms with Gasteiger partial charge in [-0.05, 0) is 62.9 Å². The Labute approximate surface area is 105 Å². The summed E-state index contributed by atoms with van der Waals surface area (Å²) in [4.78, 5) is 2.28. The first kappa shape index (κ1) is 14.2. The lowest BCUT2D eigenvalue weighted by molar-refractivity contribution is 0.248. The quantitative estimate of drug-likeness (QED) is 0.819. The molecule has 0 aliphatic heterocycles. The standard InChI is InChI=1S/C15H25NO/c1-12-10-14(3)15(11-13(12)2)6-8-16(4)7-5-9-17/h10-11,17H,5-9H2,1-4H3. The maximum Gasteiger partial charge on any atom is 0.0443 e. The fourth-order valence-corrected chi connectivity index (χ4v) is 2.05. The van der Waals surface area contributed by atoms with Crippen molar-refractivity contribution in [3.8, 4) is 0 Å². The van der Waals surface area contributed by atoms with Crippen LogP contribution >= 0.6 is 0 Å². The van der Waals surface area contributed by atoms with Crippen molar-refractivity contribution in [1.82, 2.24) is 4.90 Å². The summed E-state index contributed by atoms with van der Waals surface area (Å²) in [6.07, 6.45) is 1.96. The Morgan fingerprint density at radius 3 is 2.29 bits per heavy atom. The highest BCUT2D eigenvalue weighted by atomic mass is 16.3. The highest BCUT2D eigenvalue weighted by molar-refractivity contribution is 5.36. The van der Waals surface area contributed by atoms with Crippen LogP contribution in [0.25, 0.3) is 0 Å². The number of likely N-dealkylation sites (N-methyl/N-ethyl adjacent to an activating group) is 1. The Balaban J connectivity index is 2.54. The van der Waals surface area contributed by atoms with Crippen LogP contribution in [-0.2, 0) is 6.42 Å². The normalized spacial score (nSPS) is 11.2. The lowest BCUT2D eigenvalue weighted by Crippen LogP contribution is -2.23. The van der Waals surface area contributed by atoms with Crippen LogP contribution in [-0.4, -0.2) is 36.8 Å². The Morgan fingerprint density at radius 1 is 1.00 bits per heavy atom. The van der Waals surface area contributed by atoms with Crippen molar-refractivity contribution in [2.45, 2.75) is 33.6 Å². The number of hydrogen-bond donors (Lipinski definition) is 1. The molecule has 96 valence electrons. The van der Waals surface area contributed by atoms with E-state index >= 15 is 0 Å². The van der Waals surface area contributed by atoms with Crippen LogP contribution in [0.2, 0.25) is 0 Å². The molecule has 0 saturated carbocycles. The smallest absolute Gasteiger partial charge is 0.0443 e. The summed E-state index contributed by atoms with van der Waals surface area (Å²) in [7, 11) is 2.12. The molecule has 17 heavy (non-hydrogen) atoms. The summed E-state index contributed by atoms with van der Waals surface area (Å²) in [6, 6.07) is 4.59. The zero-order chi connectivity index (χ0) is 12.8. The molecule has 2 heteroatoms. The van der Waals surface area contributed by atoms with E-state index in [0.717, 1.165) is 25.9 Å². The average molecular weight is 235 g/mol. The molecule has 0 unspecified atom stereocenters. The van der Waals surface area contributed by atoms with E-state index in [2.05, 4.69) is 44.9 Å². The Bertz CT molecular complexity index is 360. The van der Waals surface area contributed by atoms with Gasteiger partial charge in [-0.1, -0.05) is 12.1 Å². The van der Waals surface area contributed by atoms with Crippen LogP contribution in [0.15, 0.2) is 12.1 Å². The van der Waals surface area contributed by atoms with Crippen LogP contribution in [0.3, 0.4) is 0 Å². The summed E-state index contributed by atoms with van der Waals surface area (Å²) < 4.78 is 0.